The van der Waals surface area contributed by atoms with Crippen LogP contribution in [0.1, 0.15) is 33.5 Å². The van der Waals surface area contributed by atoms with Crippen LogP contribution in [-0.4, -0.2) is 39.4 Å². The van der Waals surface area contributed by atoms with Crippen molar-refractivity contribution in [1.29, 1.82) is 0 Å². The molecule has 0 aliphatic carbocycles. The lowest BCUT2D eigenvalue weighted by atomic mass is 10.1. The number of sulfonamides is 1. The fourth-order valence-electron chi connectivity index (χ4n) is 2.62. The third kappa shape index (κ3) is 5.92. The van der Waals surface area contributed by atoms with Gasteiger partial charge in [-0.15, -0.1) is 0 Å². The zero-order chi connectivity index (χ0) is 22.5. The summed E-state index contributed by atoms with van der Waals surface area (Å²) in [5, 5.41) is 5.57. The molecule has 0 atom stereocenters. The number of benzene rings is 1. The van der Waals surface area contributed by atoms with E-state index in [1.165, 1.54) is 19.2 Å². The highest BCUT2D eigenvalue weighted by molar-refractivity contribution is 7.89. The van der Waals surface area contributed by atoms with Gasteiger partial charge in [-0.25, -0.2) is 18.1 Å². The Hall–Kier alpha value is -2.66. The number of nitrogens with one attached hydrogen (secondary N) is 3. The van der Waals surface area contributed by atoms with E-state index in [1.807, 2.05) is 0 Å². The second kappa shape index (κ2) is 9.43. The predicted molar refractivity (Wildman–Crippen MR) is 107 cm³/mol. The number of halogens is 3. The van der Waals surface area contributed by atoms with Crippen LogP contribution in [-0.2, 0) is 16.2 Å². The number of aryl methyl sites for hydroxylation is 1. The minimum atomic E-state index is -4.43. The maximum atomic E-state index is 12.5. The number of carbonyl (C=O) groups excluding carboxylic acids is 1. The molecule has 1 aromatic heterocycles. The Morgan fingerprint density at radius 1 is 1.13 bits per heavy atom. The van der Waals surface area contributed by atoms with Crippen molar-refractivity contribution in [2.24, 2.45) is 0 Å². The molecule has 0 unspecified atom stereocenters. The lowest BCUT2D eigenvalue weighted by Gasteiger charge is -2.13. The smallest absolute Gasteiger partial charge is 0.370 e. The van der Waals surface area contributed by atoms with E-state index in [0.29, 0.717) is 29.9 Å². The molecular weight excluding hydrogens is 421 g/mol. The summed E-state index contributed by atoms with van der Waals surface area (Å²) in [6.07, 6.45) is -3.20. The molecule has 0 aliphatic rings. The van der Waals surface area contributed by atoms with Crippen molar-refractivity contribution in [2.75, 3.05) is 25.5 Å². The van der Waals surface area contributed by atoms with Crippen LogP contribution < -0.4 is 15.4 Å². The van der Waals surface area contributed by atoms with Crippen molar-refractivity contribution < 1.29 is 26.4 Å². The summed E-state index contributed by atoms with van der Waals surface area (Å²) in [5.74, 6) is -0.122. The lowest BCUT2D eigenvalue weighted by Crippen LogP contribution is -2.27. The average Bonchev–Trinajstić information content (AvgIpc) is 2.69. The Kier molecular flexibility index (Phi) is 7.43. The first-order valence-corrected chi connectivity index (χ1v) is 10.5. The molecule has 2 rings (SSSR count). The SMILES string of the molecule is CNS(=O)(=O)c1cc(C(=O)NCCCNc2ccc(C(F)(F)F)cn2)cc(C)c1C. The highest BCUT2D eigenvalue weighted by atomic mass is 32.2. The summed E-state index contributed by atoms with van der Waals surface area (Å²) in [4.78, 5) is 16.1. The van der Waals surface area contributed by atoms with E-state index >= 15 is 0 Å². The van der Waals surface area contributed by atoms with Crippen LogP contribution >= 0.6 is 0 Å². The van der Waals surface area contributed by atoms with Gasteiger partial charge in [0, 0.05) is 24.8 Å². The predicted octanol–water partition coefficient (Wildman–Crippen LogP) is 2.86. The number of hydrogen-bond acceptors (Lipinski definition) is 5. The summed E-state index contributed by atoms with van der Waals surface area (Å²) < 4.78 is 64.0. The van der Waals surface area contributed by atoms with Crippen molar-refractivity contribution in [2.45, 2.75) is 31.3 Å². The van der Waals surface area contributed by atoms with Gasteiger partial charge < -0.3 is 10.6 Å². The van der Waals surface area contributed by atoms with Crippen molar-refractivity contribution in [3.05, 3.63) is 52.7 Å². The van der Waals surface area contributed by atoms with Crippen molar-refractivity contribution in [3.63, 3.8) is 0 Å². The maximum absolute atomic E-state index is 12.5. The number of amides is 1. The second-order valence-electron chi connectivity index (χ2n) is 6.59. The van der Waals surface area contributed by atoms with Gasteiger partial charge in [0.05, 0.1) is 10.5 Å². The van der Waals surface area contributed by atoms with E-state index in [0.717, 1.165) is 12.3 Å². The first kappa shape index (κ1) is 23.6. The van der Waals surface area contributed by atoms with E-state index in [9.17, 15) is 26.4 Å². The van der Waals surface area contributed by atoms with Crippen LogP contribution in [0.4, 0.5) is 19.0 Å². The van der Waals surface area contributed by atoms with Crippen LogP contribution in [0, 0.1) is 13.8 Å². The number of anilines is 1. The molecule has 7 nitrogen and oxygen atoms in total. The minimum absolute atomic E-state index is 0.0465. The number of rotatable bonds is 8. The van der Waals surface area contributed by atoms with E-state index in [-0.39, 0.29) is 17.0 Å². The van der Waals surface area contributed by atoms with Gasteiger partial charge in [-0.1, -0.05) is 0 Å². The summed E-state index contributed by atoms with van der Waals surface area (Å²) >= 11 is 0. The zero-order valence-electron chi connectivity index (χ0n) is 16.7. The number of aromatic nitrogens is 1. The number of alkyl halides is 3. The Labute approximate surface area is 173 Å². The molecule has 0 saturated carbocycles. The van der Waals surface area contributed by atoms with Gasteiger partial charge in [-0.3, -0.25) is 4.79 Å². The van der Waals surface area contributed by atoms with Gasteiger partial charge in [0.25, 0.3) is 5.91 Å². The van der Waals surface area contributed by atoms with Gasteiger partial charge in [0.1, 0.15) is 5.82 Å². The van der Waals surface area contributed by atoms with Gasteiger partial charge in [0.15, 0.2) is 0 Å². The summed E-state index contributed by atoms with van der Waals surface area (Å²) in [7, 11) is -2.40. The molecule has 1 amide bonds. The number of hydrogen-bond donors (Lipinski definition) is 3. The Balaban J connectivity index is 1.89. The minimum Gasteiger partial charge on any atom is -0.370 e. The fraction of sp³-hybridized carbons (Fsp3) is 0.368. The van der Waals surface area contributed by atoms with E-state index in [2.05, 4.69) is 20.3 Å². The molecule has 2 aromatic rings. The van der Waals surface area contributed by atoms with Crippen molar-refractivity contribution in [3.8, 4) is 0 Å². The lowest BCUT2D eigenvalue weighted by molar-refractivity contribution is -0.137. The molecule has 0 aliphatic heterocycles. The first-order valence-electron chi connectivity index (χ1n) is 9.06. The van der Waals surface area contributed by atoms with Crippen LogP contribution in [0.25, 0.3) is 0 Å². The van der Waals surface area contributed by atoms with Crippen molar-refractivity contribution >= 4 is 21.7 Å². The standard InChI is InChI=1S/C19H23F3N4O3S/c1-12-9-14(10-16(13(12)2)30(28,29)23-3)18(27)25-8-4-7-24-17-6-5-15(11-26-17)19(20,21)22/h5-6,9-11,23H,4,7-8H2,1-3H3,(H,24,26)(H,25,27). The number of pyridine rings is 1. The van der Waals surface area contributed by atoms with Crippen LogP contribution in [0.2, 0.25) is 0 Å². The molecular formula is C19H23F3N4O3S. The highest BCUT2D eigenvalue weighted by Gasteiger charge is 2.30. The molecule has 1 aromatic carbocycles. The van der Waals surface area contributed by atoms with Crippen LogP contribution in [0.5, 0.6) is 0 Å². The van der Waals surface area contributed by atoms with E-state index in [4.69, 9.17) is 0 Å². The van der Waals surface area contributed by atoms with Gasteiger partial charge in [-0.2, -0.15) is 13.2 Å². The topological polar surface area (TPSA) is 100 Å². The molecule has 0 saturated heterocycles. The fourth-order valence-corrected chi connectivity index (χ4v) is 3.69. The molecule has 0 bridgehead atoms. The Bertz CT molecular complexity index is 1010. The first-order chi connectivity index (χ1) is 14.0. The molecule has 0 spiro atoms. The molecule has 30 heavy (non-hydrogen) atoms. The largest absolute Gasteiger partial charge is 0.417 e. The van der Waals surface area contributed by atoms with E-state index in [1.54, 1.807) is 19.9 Å². The third-order valence-corrected chi connectivity index (χ3v) is 6.02. The number of carbonyl (C=O) groups is 1. The van der Waals surface area contributed by atoms with Crippen LogP contribution in [0.15, 0.2) is 35.4 Å². The molecule has 3 N–H and O–H groups in total. The third-order valence-electron chi connectivity index (χ3n) is 4.48. The molecule has 164 valence electrons. The molecule has 0 radical (unpaired) electrons. The van der Waals surface area contributed by atoms with E-state index < -0.39 is 27.7 Å². The van der Waals surface area contributed by atoms with Gasteiger partial charge in [-0.05, 0) is 62.7 Å². The Morgan fingerprint density at radius 3 is 2.40 bits per heavy atom. The van der Waals surface area contributed by atoms with Gasteiger partial charge >= 0.3 is 6.18 Å². The van der Waals surface area contributed by atoms with Crippen molar-refractivity contribution in [1.82, 2.24) is 15.0 Å². The number of nitrogens with zero attached hydrogens (tertiary/aromatic N) is 1. The summed E-state index contributed by atoms with van der Waals surface area (Å²) in [6, 6.07) is 5.12. The monoisotopic (exact) mass is 444 g/mol. The summed E-state index contributed by atoms with van der Waals surface area (Å²) in [6.45, 7) is 4.06. The average molecular weight is 444 g/mol. The van der Waals surface area contributed by atoms with Crippen LogP contribution in [0.3, 0.4) is 0 Å². The summed E-state index contributed by atoms with van der Waals surface area (Å²) in [5.41, 5.74) is 0.637. The second-order valence-corrected chi connectivity index (χ2v) is 8.44. The molecule has 11 heteroatoms. The van der Waals surface area contributed by atoms with Gasteiger partial charge in [0.2, 0.25) is 10.0 Å². The Morgan fingerprint density at radius 2 is 1.83 bits per heavy atom. The zero-order valence-corrected chi connectivity index (χ0v) is 17.5. The highest BCUT2D eigenvalue weighted by Crippen LogP contribution is 2.28. The normalized spacial score (nSPS) is 11.9. The molecule has 0 fully saturated rings. The quantitative estimate of drug-likeness (QED) is 0.544. The maximum Gasteiger partial charge on any atom is 0.417 e. The molecule has 1 heterocycles.